The molecule has 6 nitrogen and oxygen atoms in total. The van der Waals surface area contributed by atoms with Crippen LogP contribution in [0.15, 0.2) is 11.6 Å². The number of ketones is 1. The second kappa shape index (κ2) is 6.84. The van der Waals surface area contributed by atoms with E-state index in [1.165, 1.54) is 5.57 Å². The van der Waals surface area contributed by atoms with Crippen molar-refractivity contribution >= 4 is 11.9 Å². The van der Waals surface area contributed by atoms with Gasteiger partial charge in [-0.15, -0.1) is 0 Å². The number of aliphatic hydroxyl groups excluding tert-OH is 1. The molecule has 0 aromatic rings. The lowest BCUT2D eigenvalue weighted by Crippen LogP contribution is -2.66. The van der Waals surface area contributed by atoms with Crippen LogP contribution < -0.4 is 0 Å². The molecule has 1 aliphatic heterocycles. The molecule has 6 heteroatoms. The number of carbonyl (C=O) groups is 2. The molecule has 6 atom stereocenters. The van der Waals surface area contributed by atoms with Gasteiger partial charge in [0.15, 0.2) is 5.78 Å². The van der Waals surface area contributed by atoms with Crippen LogP contribution >= 0.6 is 0 Å². The number of ether oxygens (including phenoxy) is 2. The minimum absolute atomic E-state index is 0.00232. The van der Waals surface area contributed by atoms with Crippen LogP contribution in [0, 0.1) is 22.7 Å². The first-order valence-electron chi connectivity index (χ1n) is 10.6. The zero-order valence-electron chi connectivity index (χ0n) is 16.9. The fraction of sp³-hybridized carbons (Fsp3) is 0.818. The third-order valence-corrected chi connectivity index (χ3v) is 8.61. The number of epoxide rings is 1. The third-order valence-electron chi connectivity index (χ3n) is 8.61. The normalized spacial score (nSPS) is 44.9. The minimum Gasteiger partial charge on any atom is -0.450 e. The maximum Gasteiger partial charge on any atom is 0.505 e. The van der Waals surface area contributed by atoms with Gasteiger partial charge in [0, 0.05) is 6.42 Å². The predicted octanol–water partition coefficient (Wildman–Crippen LogP) is 3.71. The highest BCUT2D eigenvalue weighted by Crippen LogP contribution is 2.68. The molecule has 156 valence electrons. The summed E-state index contributed by atoms with van der Waals surface area (Å²) in [7, 11) is 0. The van der Waals surface area contributed by atoms with Crippen molar-refractivity contribution in [3.63, 3.8) is 0 Å². The first-order chi connectivity index (χ1) is 13.2. The monoisotopic (exact) mass is 392 g/mol. The highest BCUT2D eigenvalue weighted by atomic mass is 16.7. The van der Waals surface area contributed by atoms with Gasteiger partial charge in [-0.3, -0.25) is 4.79 Å². The molecule has 3 fully saturated rings. The summed E-state index contributed by atoms with van der Waals surface area (Å²) in [6, 6.07) is 0. The number of allylic oxidation sites excluding steroid dienone is 2. The largest absolute Gasteiger partial charge is 0.505 e. The van der Waals surface area contributed by atoms with Crippen molar-refractivity contribution in [1.29, 1.82) is 0 Å². The molecular formula is C22H32O6. The summed E-state index contributed by atoms with van der Waals surface area (Å²) in [5, 5.41) is 20.4. The van der Waals surface area contributed by atoms with Gasteiger partial charge in [0.1, 0.15) is 12.2 Å². The standard InChI is InChI=1S/C22H32O6/c1-14-10-18(24)22(13-27-19(25)26)17(4-3-8-21(22)12-28-21)20(14,2)9-7-15-5-6-16(23)11-15/h11,14,17-18,24H,3-10,12-13H2,1-2H3,(H,25,26)/t14-,17-,18+,20+,21+,22+/m1/s1. The second-order valence-corrected chi connectivity index (χ2v) is 9.75. The summed E-state index contributed by atoms with van der Waals surface area (Å²) in [6.45, 7) is 5.07. The molecule has 0 aromatic carbocycles. The van der Waals surface area contributed by atoms with Gasteiger partial charge >= 0.3 is 6.16 Å². The Labute approximate surface area is 166 Å². The Morgan fingerprint density at radius 3 is 2.75 bits per heavy atom. The lowest BCUT2D eigenvalue weighted by atomic mass is 9.43. The van der Waals surface area contributed by atoms with Gasteiger partial charge in [-0.1, -0.05) is 25.8 Å². The molecule has 0 bridgehead atoms. The van der Waals surface area contributed by atoms with Crippen LogP contribution in [0.3, 0.4) is 0 Å². The molecule has 0 radical (unpaired) electrons. The van der Waals surface area contributed by atoms with Crippen LogP contribution in [0.5, 0.6) is 0 Å². The number of carboxylic acid groups (broad SMARTS) is 1. The van der Waals surface area contributed by atoms with E-state index in [9.17, 15) is 19.8 Å². The number of carbonyl (C=O) groups excluding carboxylic acids is 1. The summed E-state index contributed by atoms with van der Waals surface area (Å²) >= 11 is 0. The van der Waals surface area contributed by atoms with Crippen molar-refractivity contribution in [1.82, 2.24) is 0 Å². The molecule has 4 aliphatic rings. The number of aliphatic hydroxyl groups is 1. The first kappa shape index (κ1) is 19.9. The zero-order valence-corrected chi connectivity index (χ0v) is 16.9. The Hall–Kier alpha value is -1.40. The number of hydrogen-bond acceptors (Lipinski definition) is 5. The maximum absolute atomic E-state index is 11.6. The minimum atomic E-state index is -1.29. The predicted molar refractivity (Wildman–Crippen MR) is 102 cm³/mol. The van der Waals surface area contributed by atoms with Crippen molar-refractivity contribution in [3.8, 4) is 0 Å². The summed E-state index contributed by atoms with van der Waals surface area (Å²) in [5.41, 5.74) is 0.0390. The van der Waals surface area contributed by atoms with Crippen LogP contribution in [0.4, 0.5) is 4.79 Å². The van der Waals surface area contributed by atoms with Gasteiger partial charge < -0.3 is 19.7 Å². The van der Waals surface area contributed by atoms with E-state index in [0.717, 1.165) is 38.5 Å². The van der Waals surface area contributed by atoms with Crippen molar-refractivity contribution in [3.05, 3.63) is 11.6 Å². The van der Waals surface area contributed by atoms with Crippen molar-refractivity contribution in [2.24, 2.45) is 22.7 Å². The van der Waals surface area contributed by atoms with Gasteiger partial charge in [0.2, 0.25) is 0 Å². The summed E-state index contributed by atoms with van der Waals surface area (Å²) in [4.78, 5) is 22.8. The Balaban J connectivity index is 1.66. The van der Waals surface area contributed by atoms with Crippen LogP contribution in [0.2, 0.25) is 0 Å². The molecule has 1 heterocycles. The van der Waals surface area contributed by atoms with E-state index in [-0.39, 0.29) is 23.7 Å². The Bertz CT molecular complexity index is 695. The lowest BCUT2D eigenvalue weighted by molar-refractivity contribution is -0.213. The molecular weight excluding hydrogens is 360 g/mol. The van der Waals surface area contributed by atoms with Gasteiger partial charge in [-0.05, 0) is 61.9 Å². The fourth-order valence-electron chi connectivity index (χ4n) is 6.72. The average Bonchev–Trinajstić information content (AvgIpc) is 3.29. The molecule has 1 spiro atoms. The van der Waals surface area contributed by atoms with Crippen LogP contribution in [-0.4, -0.2) is 47.1 Å². The highest BCUT2D eigenvalue weighted by molar-refractivity contribution is 5.92. The molecule has 3 aliphatic carbocycles. The van der Waals surface area contributed by atoms with E-state index in [4.69, 9.17) is 9.47 Å². The average molecular weight is 392 g/mol. The smallest absolute Gasteiger partial charge is 0.450 e. The second-order valence-electron chi connectivity index (χ2n) is 9.75. The molecule has 0 amide bonds. The fourth-order valence-corrected chi connectivity index (χ4v) is 6.72. The number of fused-ring (bicyclic) bond motifs is 2. The SMILES string of the molecule is C[C@@H]1C[C@H](O)[C@]2(COC(=O)O)[C@H](CCC[C@]23CO3)[C@@]1(C)CCC1=CC(=O)CC1. The van der Waals surface area contributed by atoms with E-state index in [2.05, 4.69) is 13.8 Å². The van der Waals surface area contributed by atoms with Crippen LogP contribution in [-0.2, 0) is 14.3 Å². The van der Waals surface area contributed by atoms with Crippen LogP contribution in [0.1, 0.15) is 65.2 Å². The molecule has 0 aromatic heterocycles. The van der Waals surface area contributed by atoms with E-state index in [1.54, 1.807) is 6.08 Å². The van der Waals surface area contributed by atoms with Gasteiger partial charge in [0.25, 0.3) is 0 Å². The van der Waals surface area contributed by atoms with E-state index in [0.29, 0.717) is 25.4 Å². The van der Waals surface area contributed by atoms with Gasteiger partial charge in [0.05, 0.1) is 18.1 Å². The third kappa shape index (κ3) is 2.91. The molecule has 28 heavy (non-hydrogen) atoms. The number of hydrogen-bond donors (Lipinski definition) is 2. The van der Waals surface area contributed by atoms with Crippen molar-refractivity contribution in [2.45, 2.75) is 76.9 Å². The topological polar surface area (TPSA) is 96.4 Å². The zero-order chi connectivity index (χ0) is 20.2. The summed E-state index contributed by atoms with van der Waals surface area (Å²) in [5.74, 6) is 0.656. The van der Waals surface area contributed by atoms with Crippen molar-refractivity contribution in [2.75, 3.05) is 13.2 Å². The molecule has 2 saturated carbocycles. The van der Waals surface area contributed by atoms with Gasteiger partial charge in [-0.2, -0.15) is 0 Å². The quantitative estimate of drug-likeness (QED) is 0.547. The molecule has 4 rings (SSSR count). The highest BCUT2D eigenvalue weighted by Gasteiger charge is 2.73. The summed E-state index contributed by atoms with van der Waals surface area (Å²) in [6.07, 6.45) is 6.64. The Morgan fingerprint density at radius 2 is 2.14 bits per heavy atom. The van der Waals surface area contributed by atoms with E-state index in [1.807, 2.05) is 0 Å². The molecule has 1 saturated heterocycles. The Kier molecular flexibility index (Phi) is 4.86. The van der Waals surface area contributed by atoms with Gasteiger partial charge in [-0.25, -0.2) is 4.79 Å². The number of rotatable bonds is 5. The van der Waals surface area contributed by atoms with E-state index >= 15 is 0 Å². The maximum atomic E-state index is 11.6. The van der Waals surface area contributed by atoms with Crippen molar-refractivity contribution < 1.29 is 29.3 Å². The summed E-state index contributed by atoms with van der Waals surface area (Å²) < 4.78 is 11.1. The van der Waals surface area contributed by atoms with Crippen LogP contribution in [0.25, 0.3) is 0 Å². The molecule has 2 N–H and O–H groups in total. The lowest BCUT2D eigenvalue weighted by Gasteiger charge is -2.62. The van der Waals surface area contributed by atoms with E-state index < -0.39 is 23.3 Å². The molecule has 0 unspecified atom stereocenters. The first-order valence-corrected chi connectivity index (χ1v) is 10.6. The Morgan fingerprint density at radius 1 is 1.39 bits per heavy atom.